The van der Waals surface area contributed by atoms with Crippen molar-refractivity contribution in [3.8, 4) is 6.07 Å². The molecule has 0 aliphatic rings. The van der Waals surface area contributed by atoms with Gasteiger partial charge in [0.15, 0.2) is 0 Å². The Kier molecular flexibility index (Phi) is 6.76. The summed E-state index contributed by atoms with van der Waals surface area (Å²) in [6, 6.07) is 17.8. The molecule has 0 heterocycles. The number of para-hydroxylation sites is 1. The molecule has 0 aromatic heterocycles. The number of amides is 1. The van der Waals surface area contributed by atoms with E-state index in [0.29, 0.717) is 17.2 Å². The summed E-state index contributed by atoms with van der Waals surface area (Å²) in [6.45, 7) is 11.1. The maximum absolute atomic E-state index is 12.3. The molecular formula is C23H29N3O. The summed E-state index contributed by atoms with van der Waals surface area (Å²) in [6.07, 6.45) is 0. The van der Waals surface area contributed by atoms with Crippen LogP contribution in [0.25, 0.3) is 0 Å². The van der Waals surface area contributed by atoms with Gasteiger partial charge < -0.3 is 10.6 Å². The Hall–Kier alpha value is -2.64. The van der Waals surface area contributed by atoms with Crippen LogP contribution in [-0.2, 0) is 10.2 Å². The summed E-state index contributed by atoms with van der Waals surface area (Å²) < 4.78 is 0. The number of hydrogen-bond donors (Lipinski definition) is 2. The summed E-state index contributed by atoms with van der Waals surface area (Å²) in [5.74, 6) is 0.180. The lowest BCUT2D eigenvalue weighted by Crippen LogP contribution is -2.33. The van der Waals surface area contributed by atoms with Crippen LogP contribution < -0.4 is 10.6 Å². The van der Waals surface area contributed by atoms with Gasteiger partial charge in [0.25, 0.3) is 0 Å². The Morgan fingerprint density at radius 2 is 1.70 bits per heavy atom. The lowest BCUT2D eigenvalue weighted by molar-refractivity contribution is -0.115. The maximum Gasteiger partial charge on any atom is 0.238 e. The third-order valence-corrected chi connectivity index (χ3v) is 4.61. The van der Waals surface area contributed by atoms with Gasteiger partial charge in [0, 0.05) is 6.04 Å². The predicted molar refractivity (Wildman–Crippen MR) is 111 cm³/mol. The van der Waals surface area contributed by atoms with Crippen molar-refractivity contribution >= 4 is 11.6 Å². The SMILES string of the molecule is CC(C)[C@H](NCC(=O)Nc1ccccc1C#N)c1ccc(C(C)(C)C)cc1. The quantitative estimate of drug-likeness (QED) is 0.776. The van der Waals surface area contributed by atoms with Crippen molar-refractivity contribution in [3.05, 3.63) is 65.2 Å². The first-order chi connectivity index (χ1) is 12.7. The molecule has 0 radical (unpaired) electrons. The second-order valence-corrected chi connectivity index (χ2v) is 8.18. The Labute approximate surface area is 162 Å². The Morgan fingerprint density at radius 1 is 1.07 bits per heavy atom. The van der Waals surface area contributed by atoms with Crippen LogP contribution >= 0.6 is 0 Å². The van der Waals surface area contributed by atoms with Gasteiger partial charge in [-0.3, -0.25) is 4.79 Å². The fourth-order valence-corrected chi connectivity index (χ4v) is 3.02. The predicted octanol–water partition coefficient (Wildman–Crippen LogP) is 4.78. The number of carbonyl (C=O) groups is 1. The molecule has 0 saturated heterocycles. The van der Waals surface area contributed by atoms with E-state index in [1.807, 2.05) is 0 Å². The maximum atomic E-state index is 12.3. The minimum absolute atomic E-state index is 0.0796. The van der Waals surface area contributed by atoms with E-state index in [9.17, 15) is 4.79 Å². The van der Waals surface area contributed by atoms with Crippen molar-refractivity contribution in [2.75, 3.05) is 11.9 Å². The number of anilines is 1. The highest BCUT2D eigenvalue weighted by atomic mass is 16.1. The zero-order valence-electron chi connectivity index (χ0n) is 16.8. The third kappa shape index (κ3) is 5.67. The molecule has 2 N–H and O–H groups in total. The molecule has 0 spiro atoms. The van der Waals surface area contributed by atoms with Crippen molar-refractivity contribution in [3.63, 3.8) is 0 Å². The number of benzene rings is 2. The topological polar surface area (TPSA) is 64.9 Å². The van der Waals surface area contributed by atoms with Gasteiger partial charge >= 0.3 is 0 Å². The summed E-state index contributed by atoms with van der Waals surface area (Å²) in [4.78, 5) is 12.3. The first kappa shape index (κ1) is 20.7. The second-order valence-electron chi connectivity index (χ2n) is 8.18. The molecule has 0 bridgehead atoms. The van der Waals surface area contributed by atoms with Crippen LogP contribution in [-0.4, -0.2) is 12.5 Å². The molecule has 2 aromatic rings. The number of nitrogens with zero attached hydrogens (tertiary/aromatic N) is 1. The summed E-state index contributed by atoms with van der Waals surface area (Å²) in [5.41, 5.74) is 3.59. The highest BCUT2D eigenvalue weighted by molar-refractivity contribution is 5.93. The normalized spacial score (nSPS) is 12.5. The lowest BCUT2D eigenvalue weighted by atomic mass is 9.85. The van der Waals surface area contributed by atoms with Crippen LogP contribution in [0.1, 0.15) is 57.4 Å². The first-order valence-corrected chi connectivity index (χ1v) is 9.35. The van der Waals surface area contributed by atoms with Gasteiger partial charge in [-0.1, -0.05) is 71.0 Å². The summed E-state index contributed by atoms with van der Waals surface area (Å²) in [5, 5.41) is 15.3. The van der Waals surface area contributed by atoms with E-state index in [4.69, 9.17) is 5.26 Å². The largest absolute Gasteiger partial charge is 0.324 e. The number of hydrogen-bond acceptors (Lipinski definition) is 3. The lowest BCUT2D eigenvalue weighted by Gasteiger charge is -2.25. The minimum Gasteiger partial charge on any atom is -0.324 e. The van der Waals surface area contributed by atoms with Crippen molar-refractivity contribution in [1.82, 2.24) is 5.32 Å². The van der Waals surface area contributed by atoms with E-state index in [1.54, 1.807) is 24.3 Å². The average molecular weight is 364 g/mol. The summed E-state index contributed by atoms with van der Waals surface area (Å²) >= 11 is 0. The van der Waals surface area contributed by atoms with Crippen molar-refractivity contribution in [2.45, 2.75) is 46.1 Å². The molecule has 0 aliphatic heterocycles. The molecule has 142 valence electrons. The van der Waals surface area contributed by atoms with E-state index in [0.717, 1.165) is 0 Å². The molecular weight excluding hydrogens is 334 g/mol. The third-order valence-electron chi connectivity index (χ3n) is 4.61. The fraction of sp³-hybridized carbons (Fsp3) is 0.391. The molecule has 1 amide bonds. The van der Waals surface area contributed by atoms with Gasteiger partial charge in [0.2, 0.25) is 5.91 Å². The molecule has 2 rings (SSSR count). The van der Waals surface area contributed by atoms with Crippen molar-refractivity contribution in [1.29, 1.82) is 5.26 Å². The first-order valence-electron chi connectivity index (χ1n) is 9.35. The van der Waals surface area contributed by atoms with Gasteiger partial charge in [0.05, 0.1) is 17.8 Å². The van der Waals surface area contributed by atoms with E-state index in [1.165, 1.54) is 11.1 Å². The Balaban J connectivity index is 2.04. The highest BCUT2D eigenvalue weighted by Crippen LogP contribution is 2.26. The molecule has 4 heteroatoms. The van der Waals surface area contributed by atoms with Gasteiger partial charge in [-0.25, -0.2) is 0 Å². The van der Waals surface area contributed by atoms with Crippen LogP contribution in [0.4, 0.5) is 5.69 Å². The molecule has 0 aliphatic carbocycles. The molecule has 4 nitrogen and oxygen atoms in total. The second kappa shape index (κ2) is 8.83. The van der Waals surface area contributed by atoms with E-state index >= 15 is 0 Å². The molecule has 2 aromatic carbocycles. The standard InChI is InChI=1S/C23H29N3O/c1-16(2)22(17-10-12-19(13-11-17)23(3,4)5)25-15-21(27)26-20-9-7-6-8-18(20)14-24/h6-13,16,22,25H,15H2,1-5H3,(H,26,27)/t22-/m0/s1. The highest BCUT2D eigenvalue weighted by Gasteiger charge is 2.19. The van der Waals surface area contributed by atoms with Crippen LogP contribution in [0.2, 0.25) is 0 Å². The van der Waals surface area contributed by atoms with Crippen molar-refractivity contribution < 1.29 is 4.79 Å². The molecule has 0 fully saturated rings. The average Bonchev–Trinajstić information content (AvgIpc) is 2.61. The van der Waals surface area contributed by atoms with Crippen LogP contribution in [0.5, 0.6) is 0 Å². The number of carbonyl (C=O) groups excluding carboxylic acids is 1. The van der Waals surface area contributed by atoms with Gasteiger partial charge in [0.1, 0.15) is 6.07 Å². The zero-order chi connectivity index (χ0) is 20.0. The van der Waals surface area contributed by atoms with Gasteiger partial charge in [-0.15, -0.1) is 0 Å². The van der Waals surface area contributed by atoms with Gasteiger partial charge in [-0.2, -0.15) is 5.26 Å². The smallest absolute Gasteiger partial charge is 0.238 e. The zero-order valence-corrected chi connectivity index (χ0v) is 16.8. The van der Waals surface area contributed by atoms with Gasteiger partial charge in [-0.05, 0) is 34.6 Å². The monoisotopic (exact) mass is 363 g/mol. The Morgan fingerprint density at radius 3 is 2.26 bits per heavy atom. The number of nitrogens with one attached hydrogen (secondary N) is 2. The fourth-order valence-electron chi connectivity index (χ4n) is 3.02. The van der Waals surface area contributed by atoms with Crippen LogP contribution in [0, 0.1) is 17.2 Å². The van der Waals surface area contributed by atoms with E-state index < -0.39 is 0 Å². The van der Waals surface area contributed by atoms with E-state index in [-0.39, 0.29) is 23.9 Å². The number of nitriles is 1. The minimum atomic E-state index is -0.158. The van der Waals surface area contributed by atoms with Crippen molar-refractivity contribution in [2.24, 2.45) is 5.92 Å². The molecule has 1 atom stereocenters. The van der Waals surface area contributed by atoms with Crippen LogP contribution in [0.15, 0.2) is 48.5 Å². The Bertz CT molecular complexity index is 811. The van der Waals surface area contributed by atoms with E-state index in [2.05, 4.69) is 75.6 Å². The molecule has 0 unspecified atom stereocenters. The van der Waals surface area contributed by atoms with Crippen LogP contribution in [0.3, 0.4) is 0 Å². The summed E-state index contributed by atoms with van der Waals surface area (Å²) in [7, 11) is 0. The number of rotatable bonds is 6. The molecule has 27 heavy (non-hydrogen) atoms. The molecule has 0 saturated carbocycles.